The maximum absolute atomic E-state index is 6.19. The molecule has 1 saturated heterocycles. The highest BCUT2D eigenvalue weighted by Gasteiger charge is 2.22. The van der Waals surface area contributed by atoms with Crippen LogP contribution in [0.2, 0.25) is 5.02 Å². The number of fused-ring (bicyclic) bond motifs is 1. The van der Waals surface area contributed by atoms with Crippen LogP contribution in [0.4, 0.5) is 5.69 Å². The van der Waals surface area contributed by atoms with Gasteiger partial charge in [-0.2, -0.15) is 0 Å². The van der Waals surface area contributed by atoms with Crippen LogP contribution >= 0.6 is 11.6 Å². The Balaban J connectivity index is 1.64. The minimum Gasteiger partial charge on any atom is -0.369 e. The Bertz CT molecular complexity index is 906. The smallest absolute Gasteiger partial charge is 0.0737 e. The molecule has 4 heteroatoms. The second-order valence-electron chi connectivity index (χ2n) is 7.81. The van der Waals surface area contributed by atoms with Crippen molar-refractivity contribution >= 4 is 28.2 Å². The molecule has 0 saturated carbocycles. The lowest BCUT2D eigenvalue weighted by Gasteiger charge is -2.36. The van der Waals surface area contributed by atoms with Crippen molar-refractivity contribution in [3.05, 3.63) is 71.4 Å². The van der Waals surface area contributed by atoms with Crippen molar-refractivity contribution in [2.45, 2.75) is 31.7 Å². The lowest BCUT2D eigenvalue weighted by atomic mass is 10.0. The summed E-state index contributed by atoms with van der Waals surface area (Å²) in [5, 5.41) is 1.89. The highest BCUT2D eigenvalue weighted by Crippen LogP contribution is 2.29. The Morgan fingerprint density at radius 3 is 2.61 bits per heavy atom. The van der Waals surface area contributed by atoms with Gasteiger partial charge in [0.1, 0.15) is 0 Å². The number of rotatable bonds is 6. The highest BCUT2D eigenvalue weighted by molar-refractivity contribution is 6.31. The fraction of sp³-hybridized carbons (Fsp3) is 0.375. The summed E-state index contributed by atoms with van der Waals surface area (Å²) in [4.78, 5) is 9.60. The fourth-order valence-electron chi connectivity index (χ4n) is 4.26. The van der Waals surface area contributed by atoms with Gasteiger partial charge < -0.3 is 9.80 Å². The highest BCUT2D eigenvalue weighted by atomic mass is 35.5. The van der Waals surface area contributed by atoms with E-state index in [2.05, 4.69) is 64.3 Å². The predicted octanol–water partition coefficient (Wildman–Crippen LogP) is 5.42. The van der Waals surface area contributed by atoms with Gasteiger partial charge in [0.15, 0.2) is 0 Å². The average Bonchev–Trinajstić information content (AvgIpc) is 2.73. The molecule has 0 amide bonds. The van der Waals surface area contributed by atoms with Crippen molar-refractivity contribution in [3.8, 4) is 0 Å². The van der Waals surface area contributed by atoms with E-state index in [1.807, 2.05) is 18.3 Å². The largest absolute Gasteiger partial charge is 0.369 e. The number of hydrogen-bond acceptors (Lipinski definition) is 3. The number of benzene rings is 2. The average molecular weight is 394 g/mol. The molecule has 1 aromatic heterocycles. The number of likely N-dealkylation sites (tertiary alicyclic amines) is 1. The Kier molecular flexibility index (Phi) is 6.13. The molecule has 3 aromatic rings. The van der Waals surface area contributed by atoms with Crippen LogP contribution in [0.25, 0.3) is 10.9 Å². The van der Waals surface area contributed by atoms with E-state index in [0.717, 1.165) is 28.9 Å². The van der Waals surface area contributed by atoms with Crippen molar-refractivity contribution < 1.29 is 0 Å². The first-order valence-corrected chi connectivity index (χ1v) is 10.6. The summed E-state index contributed by atoms with van der Waals surface area (Å²) in [7, 11) is 2.22. The summed E-state index contributed by atoms with van der Waals surface area (Å²) in [5.41, 5.74) is 3.56. The van der Waals surface area contributed by atoms with Crippen LogP contribution in [0.5, 0.6) is 0 Å². The molecule has 1 aliphatic rings. The fourth-order valence-corrected chi connectivity index (χ4v) is 4.43. The molecular formula is C24H28ClN3. The molecule has 1 atom stereocenters. The standard InChI is InChI=1S/C24H28ClN3/c1-27(24-12-13-26-23-17-20(25)10-11-22(23)24)21(16-19-8-4-2-5-9-19)18-28-14-6-3-7-15-28/h2,4-5,8-13,17,21H,3,6-7,14-16,18H2,1H3. The number of piperidine rings is 1. The summed E-state index contributed by atoms with van der Waals surface area (Å²) in [6.07, 6.45) is 6.93. The number of halogens is 1. The van der Waals surface area contributed by atoms with Crippen LogP contribution in [0.3, 0.4) is 0 Å². The third-order valence-corrected chi connectivity index (χ3v) is 6.08. The van der Waals surface area contributed by atoms with Crippen LogP contribution in [0, 0.1) is 0 Å². The van der Waals surface area contributed by atoms with Gasteiger partial charge in [0.2, 0.25) is 0 Å². The topological polar surface area (TPSA) is 19.4 Å². The van der Waals surface area contributed by atoms with Gasteiger partial charge in [-0.3, -0.25) is 4.98 Å². The second kappa shape index (κ2) is 8.93. The first kappa shape index (κ1) is 19.2. The zero-order chi connectivity index (χ0) is 19.3. The maximum Gasteiger partial charge on any atom is 0.0737 e. The zero-order valence-electron chi connectivity index (χ0n) is 16.5. The Morgan fingerprint density at radius 1 is 1.04 bits per heavy atom. The van der Waals surface area contributed by atoms with Gasteiger partial charge in [0.05, 0.1) is 5.52 Å². The molecule has 2 aromatic carbocycles. The summed E-state index contributed by atoms with van der Waals surface area (Å²) in [5.74, 6) is 0. The van der Waals surface area contributed by atoms with Crippen LogP contribution in [0.15, 0.2) is 60.8 Å². The summed E-state index contributed by atoms with van der Waals surface area (Å²) >= 11 is 6.19. The minimum atomic E-state index is 0.404. The normalized spacial score (nSPS) is 16.2. The molecule has 4 rings (SSSR count). The number of hydrogen-bond donors (Lipinski definition) is 0. The molecule has 28 heavy (non-hydrogen) atoms. The van der Waals surface area contributed by atoms with Crippen molar-refractivity contribution in [3.63, 3.8) is 0 Å². The van der Waals surface area contributed by atoms with Gasteiger partial charge >= 0.3 is 0 Å². The monoisotopic (exact) mass is 393 g/mol. The van der Waals surface area contributed by atoms with Crippen molar-refractivity contribution in [2.75, 3.05) is 31.6 Å². The maximum atomic E-state index is 6.19. The lowest BCUT2D eigenvalue weighted by molar-refractivity contribution is 0.214. The number of pyridine rings is 1. The molecule has 1 fully saturated rings. The molecule has 1 aliphatic heterocycles. The Labute approximate surface area is 172 Å². The molecule has 2 heterocycles. The van der Waals surface area contributed by atoms with E-state index in [0.29, 0.717) is 6.04 Å². The van der Waals surface area contributed by atoms with Gasteiger partial charge in [-0.25, -0.2) is 0 Å². The van der Waals surface area contributed by atoms with E-state index < -0.39 is 0 Å². The van der Waals surface area contributed by atoms with E-state index in [-0.39, 0.29) is 0 Å². The molecular weight excluding hydrogens is 366 g/mol. The van der Waals surface area contributed by atoms with E-state index in [1.54, 1.807) is 0 Å². The molecule has 0 N–H and O–H groups in total. The van der Waals surface area contributed by atoms with Crippen LogP contribution in [0.1, 0.15) is 24.8 Å². The van der Waals surface area contributed by atoms with Gasteiger partial charge in [-0.05, 0) is 62.2 Å². The number of anilines is 1. The van der Waals surface area contributed by atoms with Crippen molar-refractivity contribution in [1.29, 1.82) is 0 Å². The summed E-state index contributed by atoms with van der Waals surface area (Å²) in [6.45, 7) is 3.51. The Morgan fingerprint density at radius 2 is 1.82 bits per heavy atom. The zero-order valence-corrected chi connectivity index (χ0v) is 17.3. The van der Waals surface area contributed by atoms with Gasteiger partial charge in [-0.15, -0.1) is 0 Å². The number of nitrogens with zero attached hydrogens (tertiary/aromatic N) is 3. The summed E-state index contributed by atoms with van der Waals surface area (Å²) in [6, 6.07) is 19.4. The number of likely N-dealkylation sites (N-methyl/N-ethyl adjacent to an activating group) is 1. The van der Waals surface area contributed by atoms with E-state index in [1.165, 1.54) is 43.6 Å². The SMILES string of the molecule is CN(c1ccnc2cc(Cl)ccc12)C(Cc1ccccc1)CN1CCCCC1. The van der Waals surface area contributed by atoms with Crippen LogP contribution in [-0.4, -0.2) is 42.6 Å². The molecule has 0 radical (unpaired) electrons. The van der Waals surface area contributed by atoms with E-state index >= 15 is 0 Å². The third-order valence-electron chi connectivity index (χ3n) is 5.84. The molecule has 0 spiro atoms. The van der Waals surface area contributed by atoms with Gasteiger partial charge in [-0.1, -0.05) is 48.4 Å². The predicted molar refractivity (Wildman–Crippen MR) is 119 cm³/mol. The minimum absolute atomic E-state index is 0.404. The summed E-state index contributed by atoms with van der Waals surface area (Å²) < 4.78 is 0. The molecule has 146 valence electrons. The molecule has 3 nitrogen and oxygen atoms in total. The third kappa shape index (κ3) is 4.48. The molecule has 1 unspecified atom stereocenters. The van der Waals surface area contributed by atoms with Crippen molar-refractivity contribution in [2.24, 2.45) is 0 Å². The number of aromatic nitrogens is 1. The van der Waals surface area contributed by atoms with Crippen molar-refractivity contribution in [1.82, 2.24) is 9.88 Å². The molecule has 0 bridgehead atoms. The first-order valence-electron chi connectivity index (χ1n) is 10.2. The lowest BCUT2D eigenvalue weighted by Crippen LogP contribution is -2.45. The quantitative estimate of drug-likeness (QED) is 0.557. The molecule has 0 aliphatic carbocycles. The second-order valence-corrected chi connectivity index (χ2v) is 8.24. The van der Waals surface area contributed by atoms with Crippen LogP contribution < -0.4 is 4.90 Å². The van der Waals surface area contributed by atoms with E-state index in [4.69, 9.17) is 11.6 Å². The van der Waals surface area contributed by atoms with Gasteiger partial charge in [0, 0.05) is 41.9 Å². The first-order chi connectivity index (χ1) is 13.7. The Hall–Kier alpha value is -2.10. The van der Waals surface area contributed by atoms with E-state index in [9.17, 15) is 0 Å². The van der Waals surface area contributed by atoms with Gasteiger partial charge in [0.25, 0.3) is 0 Å². The van der Waals surface area contributed by atoms with Crippen LogP contribution in [-0.2, 0) is 6.42 Å².